The zero-order chi connectivity index (χ0) is 14.8. The lowest BCUT2D eigenvalue weighted by Gasteiger charge is -2.48. The van der Waals surface area contributed by atoms with Gasteiger partial charge < -0.3 is 10.2 Å². The predicted octanol–water partition coefficient (Wildman–Crippen LogP) is 3.46. The zero-order valence-corrected chi connectivity index (χ0v) is 13.7. The SMILES string of the molecule is CNC1(C#N)CCCC(N2CCC3(CCCCC3)CC2)C1. The van der Waals surface area contributed by atoms with Gasteiger partial charge in [0.2, 0.25) is 0 Å². The average molecular weight is 289 g/mol. The Morgan fingerprint density at radius 3 is 2.33 bits per heavy atom. The molecule has 2 aliphatic carbocycles. The minimum Gasteiger partial charge on any atom is -0.302 e. The van der Waals surface area contributed by atoms with E-state index in [0.29, 0.717) is 11.5 Å². The van der Waals surface area contributed by atoms with E-state index in [2.05, 4.69) is 16.3 Å². The number of rotatable bonds is 2. The maximum atomic E-state index is 9.53. The van der Waals surface area contributed by atoms with E-state index < -0.39 is 0 Å². The Kier molecular flexibility index (Phi) is 4.57. The van der Waals surface area contributed by atoms with E-state index >= 15 is 0 Å². The van der Waals surface area contributed by atoms with E-state index in [1.165, 1.54) is 70.9 Å². The van der Waals surface area contributed by atoms with Crippen molar-refractivity contribution >= 4 is 0 Å². The molecule has 1 spiro atoms. The van der Waals surface area contributed by atoms with E-state index in [9.17, 15) is 5.26 Å². The number of hydrogen-bond donors (Lipinski definition) is 1. The lowest BCUT2D eigenvalue weighted by molar-refractivity contribution is 0.0267. The van der Waals surface area contributed by atoms with Crippen molar-refractivity contribution in [2.24, 2.45) is 5.41 Å². The monoisotopic (exact) mass is 289 g/mol. The fraction of sp³-hybridized carbons (Fsp3) is 0.944. The Morgan fingerprint density at radius 2 is 1.71 bits per heavy atom. The molecule has 0 aromatic heterocycles. The number of nitrogens with zero attached hydrogens (tertiary/aromatic N) is 2. The lowest BCUT2D eigenvalue weighted by atomic mass is 9.67. The van der Waals surface area contributed by atoms with Gasteiger partial charge in [-0.1, -0.05) is 19.3 Å². The maximum Gasteiger partial charge on any atom is 0.108 e. The van der Waals surface area contributed by atoms with Crippen molar-refractivity contribution in [1.29, 1.82) is 5.26 Å². The quantitative estimate of drug-likeness (QED) is 0.846. The summed E-state index contributed by atoms with van der Waals surface area (Å²) in [7, 11) is 1.96. The van der Waals surface area contributed by atoms with Crippen LogP contribution in [0.15, 0.2) is 0 Å². The summed E-state index contributed by atoms with van der Waals surface area (Å²) >= 11 is 0. The van der Waals surface area contributed by atoms with Crippen LogP contribution < -0.4 is 5.32 Å². The topological polar surface area (TPSA) is 39.1 Å². The van der Waals surface area contributed by atoms with Crippen LogP contribution in [0, 0.1) is 16.7 Å². The first kappa shape index (κ1) is 15.3. The van der Waals surface area contributed by atoms with Crippen molar-refractivity contribution < 1.29 is 0 Å². The average Bonchev–Trinajstić information content (AvgIpc) is 2.56. The summed E-state index contributed by atoms with van der Waals surface area (Å²) in [5.74, 6) is 0. The first-order chi connectivity index (χ1) is 10.2. The lowest BCUT2D eigenvalue weighted by Crippen LogP contribution is -2.54. The van der Waals surface area contributed by atoms with Crippen molar-refractivity contribution in [1.82, 2.24) is 10.2 Å². The number of nitrogens with one attached hydrogen (secondary N) is 1. The van der Waals surface area contributed by atoms with Crippen LogP contribution >= 0.6 is 0 Å². The number of nitriles is 1. The Bertz CT molecular complexity index is 384. The minimum atomic E-state index is -0.261. The number of piperidine rings is 1. The van der Waals surface area contributed by atoms with Crippen LogP contribution in [-0.4, -0.2) is 36.6 Å². The smallest absolute Gasteiger partial charge is 0.108 e. The largest absolute Gasteiger partial charge is 0.302 e. The molecule has 2 saturated carbocycles. The third-order valence-corrected chi connectivity index (χ3v) is 6.71. The molecule has 2 atom stereocenters. The number of hydrogen-bond acceptors (Lipinski definition) is 3. The van der Waals surface area contributed by atoms with E-state index in [4.69, 9.17) is 0 Å². The van der Waals surface area contributed by atoms with Crippen LogP contribution in [0.4, 0.5) is 0 Å². The standard InChI is InChI=1S/C18H31N3/c1-20-18(15-19)9-5-6-16(14-18)21-12-10-17(11-13-21)7-3-2-4-8-17/h16,20H,2-14H2,1H3. The zero-order valence-electron chi connectivity index (χ0n) is 13.7. The molecular formula is C18H31N3. The van der Waals surface area contributed by atoms with E-state index in [1.54, 1.807) is 0 Å². The molecule has 21 heavy (non-hydrogen) atoms. The van der Waals surface area contributed by atoms with Gasteiger partial charge in [-0.3, -0.25) is 0 Å². The first-order valence-electron chi connectivity index (χ1n) is 9.05. The molecule has 2 unspecified atom stereocenters. The Morgan fingerprint density at radius 1 is 1.00 bits per heavy atom. The van der Waals surface area contributed by atoms with Gasteiger partial charge in [-0.2, -0.15) is 5.26 Å². The second-order valence-electron chi connectivity index (χ2n) is 7.79. The van der Waals surface area contributed by atoms with Gasteiger partial charge in [0.05, 0.1) is 6.07 Å². The third kappa shape index (κ3) is 3.12. The highest BCUT2D eigenvalue weighted by atomic mass is 15.2. The van der Waals surface area contributed by atoms with Gasteiger partial charge in [0.25, 0.3) is 0 Å². The predicted molar refractivity (Wildman–Crippen MR) is 86.0 cm³/mol. The van der Waals surface area contributed by atoms with Crippen LogP contribution in [0.25, 0.3) is 0 Å². The van der Waals surface area contributed by atoms with Crippen LogP contribution in [-0.2, 0) is 0 Å². The van der Waals surface area contributed by atoms with Crippen LogP contribution in [0.3, 0.4) is 0 Å². The molecular weight excluding hydrogens is 258 g/mol. The summed E-state index contributed by atoms with van der Waals surface area (Å²) in [5, 5.41) is 12.8. The van der Waals surface area contributed by atoms with Gasteiger partial charge in [-0.05, 0) is 76.9 Å². The summed E-state index contributed by atoms with van der Waals surface area (Å²) in [6.07, 6.45) is 14.7. The minimum absolute atomic E-state index is 0.261. The molecule has 3 nitrogen and oxygen atoms in total. The van der Waals surface area contributed by atoms with Crippen molar-refractivity contribution in [3.63, 3.8) is 0 Å². The molecule has 0 radical (unpaired) electrons. The molecule has 0 amide bonds. The summed E-state index contributed by atoms with van der Waals surface area (Å²) in [6, 6.07) is 3.19. The maximum absolute atomic E-state index is 9.53. The number of likely N-dealkylation sites (tertiary alicyclic amines) is 1. The highest BCUT2D eigenvalue weighted by Gasteiger charge is 2.41. The molecule has 0 aromatic carbocycles. The summed E-state index contributed by atoms with van der Waals surface area (Å²) < 4.78 is 0. The fourth-order valence-corrected chi connectivity index (χ4v) is 5.11. The van der Waals surface area contributed by atoms with Gasteiger partial charge in [-0.15, -0.1) is 0 Å². The Hall–Kier alpha value is -0.590. The van der Waals surface area contributed by atoms with Crippen LogP contribution in [0.2, 0.25) is 0 Å². The normalized spacial score (nSPS) is 37.2. The summed E-state index contributed by atoms with van der Waals surface area (Å²) in [4.78, 5) is 2.71. The van der Waals surface area contributed by atoms with E-state index in [1.807, 2.05) is 7.05 Å². The highest BCUT2D eigenvalue weighted by Crippen LogP contribution is 2.45. The highest BCUT2D eigenvalue weighted by molar-refractivity contribution is 5.11. The van der Waals surface area contributed by atoms with Crippen molar-refractivity contribution in [3.8, 4) is 6.07 Å². The first-order valence-corrected chi connectivity index (χ1v) is 9.05. The van der Waals surface area contributed by atoms with Gasteiger partial charge >= 0.3 is 0 Å². The van der Waals surface area contributed by atoms with Crippen molar-refractivity contribution in [2.45, 2.75) is 82.2 Å². The molecule has 3 rings (SSSR count). The molecule has 3 aliphatic rings. The van der Waals surface area contributed by atoms with Crippen LogP contribution in [0.5, 0.6) is 0 Å². The second-order valence-corrected chi connectivity index (χ2v) is 7.79. The molecule has 118 valence electrons. The third-order valence-electron chi connectivity index (χ3n) is 6.71. The van der Waals surface area contributed by atoms with Crippen LogP contribution in [0.1, 0.15) is 70.6 Å². The van der Waals surface area contributed by atoms with Crippen molar-refractivity contribution in [2.75, 3.05) is 20.1 Å². The van der Waals surface area contributed by atoms with Gasteiger partial charge in [0.15, 0.2) is 0 Å². The molecule has 3 heteroatoms. The molecule has 1 saturated heterocycles. The van der Waals surface area contributed by atoms with Gasteiger partial charge in [0.1, 0.15) is 5.54 Å². The molecule has 0 bridgehead atoms. The molecule has 0 aromatic rings. The summed E-state index contributed by atoms with van der Waals surface area (Å²) in [5.41, 5.74) is 0.432. The van der Waals surface area contributed by atoms with E-state index in [0.717, 1.165) is 12.8 Å². The van der Waals surface area contributed by atoms with E-state index in [-0.39, 0.29) is 5.54 Å². The Balaban J connectivity index is 1.58. The molecule has 1 aliphatic heterocycles. The summed E-state index contributed by atoms with van der Waals surface area (Å²) in [6.45, 7) is 2.55. The second kappa shape index (κ2) is 6.26. The fourth-order valence-electron chi connectivity index (χ4n) is 5.11. The molecule has 1 heterocycles. The van der Waals surface area contributed by atoms with Crippen molar-refractivity contribution in [3.05, 3.63) is 0 Å². The molecule has 3 fully saturated rings. The molecule has 1 N–H and O–H groups in total. The van der Waals surface area contributed by atoms with Gasteiger partial charge in [0, 0.05) is 6.04 Å². The van der Waals surface area contributed by atoms with Gasteiger partial charge in [-0.25, -0.2) is 0 Å². The Labute approximate surface area is 130 Å².